The summed E-state index contributed by atoms with van der Waals surface area (Å²) in [6, 6.07) is 0. The van der Waals surface area contributed by atoms with Crippen LogP contribution in [0.25, 0.3) is 0 Å². The van der Waals surface area contributed by atoms with E-state index in [9.17, 15) is 0 Å². The lowest BCUT2D eigenvalue weighted by Gasteiger charge is -2.46. The van der Waals surface area contributed by atoms with Gasteiger partial charge in [0, 0.05) is 0 Å². The van der Waals surface area contributed by atoms with Crippen LogP contribution in [-0.4, -0.2) is 23.9 Å². The molecular formula is C10H20O2. The summed E-state index contributed by atoms with van der Waals surface area (Å²) < 4.78 is 11.7. The van der Waals surface area contributed by atoms with Gasteiger partial charge < -0.3 is 9.47 Å². The fourth-order valence-electron chi connectivity index (χ4n) is 1.92. The zero-order valence-electron chi connectivity index (χ0n) is 8.81. The van der Waals surface area contributed by atoms with E-state index in [-0.39, 0.29) is 17.3 Å². The van der Waals surface area contributed by atoms with Gasteiger partial charge in [-0.15, -0.1) is 0 Å². The third-order valence-electron chi connectivity index (χ3n) is 2.32. The Morgan fingerprint density at radius 3 is 2.25 bits per heavy atom. The molecule has 1 fully saturated rings. The largest absolute Gasteiger partial charge is 0.372 e. The van der Waals surface area contributed by atoms with E-state index in [0.29, 0.717) is 6.61 Å². The third kappa shape index (κ3) is 1.99. The first-order chi connectivity index (χ1) is 5.37. The molecule has 1 aliphatic rings. The zero-order valence-corrected chi connectivity index (χ0v) is 8.81. The van der Waals surface area contributed by atoms with Gasteiger partial charge in [0.25, 0.3) is 0 Å². The fraction of sp³-hybridized carbons (Fsp3) is 1.00. The molecule has 0 radical (unpaired) electrons. The third-order valence-corrected chi connectivity index (χ3v) is 2.32. The second kappa shape index (κ2) is 3.00. The van der Waals surface area contributed by atoms with Gasteiger partial charge in [-0.3, -0.25) is 0 Å². The van der Waals surface area contributed by atoms with Crippen molar-refractivity contribution in [2.75, 3.05) is 6.61 Å². The van der Waals surface area contributed by atoms with Crippen LogP contribution in [0.4, 0.5) is 0 Å². The fourth-order valence-corrected chi connectivity index (χ4v) is 1.92. The first kappa shape index (κ1) is 10.0. The van der Waals surface area contributed by atoms with E-state index in [1.807, 2.05) is 0 Å². The predicted molar refractivity (Wildman–Crippen MR) is 49.3 cm³/mol. The summed E-state index contributed by atoms with van der Waals surface area (Å²) in [6.45, 7) is 11.2. The number of ether oxygens (including phenoxy) is 2. The van der Waals surface area contributed by atoms with Gasteiger partial charge in [-0.25, -0.2) is 0 Å². The van der Waals surface area contributed by atoms with Crippen molar-refractivity contribution in [3.05, 3.63) is 0 Å². The molecule has 0 N–H and O–H groups in total. The highest BCUT2D eigenvalue weighted by atomic mass is 16.6. The monoisotopic (exact) mass is 172 g/mol. The second-order valence-electron chi connectivity index (χ2n) is 4.67. The van der Waals surface area contributed by atoms with E-state index < -0.39 is 0 Å². The molecule has 0 aromatic heterocycles. The molecular weight excluding hydrogens is 152 g/mol. The molecule has 0 bridgehead atoms. The van der Waals surface area contributed by atoms with Crippen LogP contribution < -0.4 is 0 Å². The van der Waals surface area contributed by atoms with Gasteiger partial charge in [0.2, 0.25) is 0 Å². The summed E-state index contributed by atoms with van der Waals surface area (Å²) in [5, 5.41) is 0. The van der Waals surface area contributed by atoms with Crippen molar-refractivity contribution in [2.45, 2.75) is 58.3 Å². The van der Waals surface area contributed by atoms with Crippen molar-refractivity contribution in [3.8, 4) is 0 Å². The van der Waals surface area contributed by atoms with Gasteiger partial charge in [-0.1, -0.05) is 6.92 Å². The van der Waals surface area contributed by atoms with Crippen LogP contribution in [0.1, 0.15) is 41.0 Å². The minimum atomic E-state index is -0.142. The lowest BCUT2D eigenvalue weighted by atomic mass is 9.95. The Balaban J connectivity index is 2.67. The van der Waals surface area contributed by atoms with Crippen molar-refractivity contribution >= 4 is 0 Å². The van der Waals surface area contributed by atoms with Gasteiger partial charge in [0.1, 0.15) is 0 Å². The highest BCUT2D eigenvalue weighted by molar-refractivity contribution is 4.88. The van der Waals surface area contributed by atoms with Crippen molar-refractivity contribution in [1.29, 1.82) is 0 Å². The Bertz CT molecular complexity index is 161. The molecule has 1 saturated heterocycles. The first-order valence-electron chi connectivity index (χ1n) is 4.69. The van der Waals surface area contributed by atoms with Crippen LogP contribution in [-0.2, 0) is 9.47 Å². The molecule has 1 rings (SSSR count). The average Bonchev–Trinajstić information content (AvgIpc) is 1.83. The maximum atomic E-state index is 5.94. The van der Waals surface area contributed by atoms with Gasteiger partial charge in [-0.2, -0.15) is 0 Å². The van der Waals surface area contributed by atoms with Crippen LogP contribution in [0.3, 0.4) is 0 Å². The molecule has 1 heterocycles. The van der Waals surface area contributed by atoms with E-state index in [1.54, 1.807) is 0 Å². The van der Waals surface area contributed by atoms with E-state index in [1.165, 1.54) is 0 Å². The normalized spacial score (nSPS) is 33.2. The van der Waals surface area contributed by atoms with Crippen LogP contribution in [0, 0.1) is 0 Å². The molecule has 0 aromatic carbocycles. The minimum Gasteiger partial charge on any atom is -0.372 e. The number of hydrogen-bond donors (Lipinski definition) is 0. The Hall–Kier alpha value is -0.0800. The molecule has 0 saturated carbocycles. The minimum absolute atomic E-state index is 0.130. The van der Waals surface area contributed by atoms with Crippen LogP contribution in [0.15, 0.2) is 0 Å². The van der Waals surface area contributed by atoms with E-state index in [2.05, 4.69) is 34.6 Å². The van der Waals surface area contributed by atoms with Crippen molar-refractivity contribution < 1.29 is 9.47 Å². The van der Waals surface area contributed by atoms with Crippen molar-refractivity contribution in [3.63, 3.8) is 0 Å². The molecule has 1 aliphatic heterocycles. The van der Waals surface area contributed by atoms with E-state index in [4.69, 9.17) is 9.47 Å². The molecule has 1 unspecified atom stereocenters. The van der Waals surface area contributed by atoms with Crippen LogP contribution in [0.2, 0.25) is 0 Å². The van der Waals surface area contributed by atoms with Crippen molar-refractivity contribution in [1.82, 2.24) is 0 Å². The van der Waals surface area contributed by atoms with Crippen molar-refractivity contribution in [2.24, 2.45) is 0 Å². The number of rotatable bonds is 1. The van der Waals surface area contributed by atoms with Gasteiger partial charge >= 0.3 is 0 Å². The second-order valence-corrected chi connectivity index (χ2v) is 4.67. The van der Waals surface area contributed by atoms with Gasteiger partial charge in [0.05, 0.1) is 23.9 Å². The van der Waals surface area contributed by atoms with Gasteiger partial charge in [-0.05, 0) is 34.1 Å². The Morgan fingerprint density at radius 1 is 1.25 bits per heavy atom. The summed E-state index contributed by atoms with van der Waals surface area (Å²) in [7, 11) is 0. The van der Waals surface area contributed by atoms with E-state index in [0.717, 1.165) is 6.42 Å². The number of hydrogen-bond acceptors (Lipinski definition) is 2. The Kier molecular flexibility index (Phi) is 2.50. The molecule has 2 nitrogen and oxygen atoms in total. The summed E-state index contributed by atoms with van der Waals surface area (Å²) in [6.07, 6.45) is 1.26. The first-order valence-corrected chi connectivity index (χ1v) is 4.69. The highest BCUT2D eigenvalue weighted by Gasteiger charge is 2.41. The van der Waals surface area contributed by atoms with E-state index >= 15 is 0 Å². The molecule has 0 amide bonds. The average molecular weight is 172 g/mol. The Morgan fingerprint density at radius 2 is 1.83 bits per heavy atom. The highest BCUT2D eigenvalue weighted by Crippen LogP contribution is 2.32. The van der Waals surface area contributed by atoms with Crippen LogP contribution >= 0.6 is 0 Å². The van der Waals surface area contributed by atoms with Gasteiger partial charge in [0.15, 0.2) is 0 Å². The summed E-state index contributed by atoms with van der Waals surface area (Å²) in [5.41, 5.74) is -0.272. The molecule has 0 aliphatic carbocycles. The molecule has 0 aromatic rings. The molecule has 2 heteroatoms. The topological polar surface area (TPSA) is 18.5 Å². The predicted octanol–water partition coefficient (Wildman–Crippen LogP) is 2.37. The molecule has 72 valence electrons. The zero-order chi connectivity index (χ0) is 9.41. The standard InChI is InChI=1S/C10H20O2/c1-6-8-10(4,5)12-9(2,3)7-11-8/h8H,6-7H2,1-5H3. The maximum Gasteiger partial charge on any atom is 0.0895 e. The quantitative estimate of drug-likeness (QED) is 0.604. The summed E-state index contributed by atoms with van der Waals surface area (Å²) in [5.74, 6) is 0. The smallest absolute Gasteiger partial charge is 0.0895 e. The summed E-state index contributed by atoms with van der Waals surface area (Å²) >= 11 is 0. The lowest BCUT2D eigenvalue weighted by Crippen LogP contribution is -2.54. The molecule has 12 heavy (non-hydrogen) atoms. The van der Waals surface area contributed by atoms with Crippen LogP contribution in [0.5, 0.6) is 0 Å². The lowest BCUT2D eigenvalue weighted by molar-refractivity contribution is -0.258. The molecule has 1 atom stereocenters. The Labute approximate surface area is 75.2 Å². The summed E-state index contributed by atoms with van der Waals surface area (Å²) in [4.78, 5) is 0. The maximum absolute atomic E-state index is 5.94. The molecule has 0 spiro atoms. The SMILES string of the molecule is CCC1OCC(C)(C)OC1(C)C.